The summed E-state index contributed by atoms with van der Waals surface area (Å²) in [6, 6.07) is 3.98. The standard InChI is InChI=1S/C20H31N5O2S/c1-16-12-18(20(3,4)5)13-19(17(16)2)28(26,27)25-10-7-23(8-11-25)6-9-24-15-21-14-22-24/h12-15H,6-11H2,1-5H3. The molecule has 1 aromatic heterocycles. The Balaban J connectivity index is 1.73. The van der Waals surface area contributed by atoms with Gasteiger partial charge in [-0.05, 0) is 42.0 Å². The monoisotopic (exact) mass is 405 g/mol. The summed E-state index contributed by atoms with van der Waals surface area (Å²) in [6.07, 6.45) is 3.23. The van der Waals surface area contributed by atoms with Gasteiger partial charge in [0, 0.05) is 32.7 Å². The van der Waals surface area contributed by atoms with E-state index in [0.717, 1.165) is 42.9 Å². The van der Waals surface area contributed by atoms with Crippen molar-refractivity contribution < 1.29 is 8.42 Å². The van der Waals surface area contributed by atoms with Crippen LogP contribution in [0.5, 0.6) is 0 Å². The van der Waals surface area contributed by atoms with Crippen LogP contribution in [0.15, 0.2) is 29.7 Å². The highest BCUT2D eigenvalue weighted by atomic mass is 32.2. The molecule has 1 aliphatic rings. The Morgan fingerprint density at radius 3 is 2.29 bits per heavy atom. The minimum Gasteiger partial charge on any atom is -0.299 e. The van der Waals surface area contributed by atoms with E-state index in [4.69, 9.17) is 0 Å². The Labute approximate surface area is 168 Å². The molecular weight excluding hydrogens is 374 g/mol. The molecule has 154 valence electrons. The molecule has 0 aliphatic carbocycles. The van der Waals surface area contributed by atoms with E-state index in [1.54, 1.807) is 15.3 Å². The van der Waals surface area contributed by atoms with Crippen molar-refractivity contribution >= 4 is 10.0 Å². The summed E-state index contributed by atoms with van der Waals surface area (Å²) in [4.78, 5) is 6.68. The molecule has 7 nitrogen and oxygen atoms in total. The zero-order valence-electron chi connectivity index (χ0n) is 17.5. The first kappa shape index (κ1) is 21.0. The first-order chi connectivity index (χ1) is 13.1. The van der Waals surface area contributed by atoms with Crippen LogP contribution in [0, 0.1) is 13.8 Å². The average molecular weight is 406 g/mol. The average Bonchev–Trinajstić information content (AvgIpc) is 3.15. The van der Waals surface area contributed by atoms with Crippen LogP contribution in [0.2, 0.25) is 0 Å². The summed E-state index contributed by atoms with van der Waals surface area (Å²) < 4.78 is 30.2. The topological polar surface area (TPSA) is 71.3 Å². The van der Waals surface area contributed by atoms with Gasteiger partial charge in [-0.15, -0.1) is 0 Å². The molecule has 0 amide bonds. The van der Waals surface area contributed by atoms with Gasteiger partial charge < -0.3 is 0 Å². The molecule has 0 atom stereocenters. The van der Waals surface area contributed by atoms with E-state index in [1.165, 1.54) is 6.33 Å². The molecule has 0 unspecified atom stereocenters. The second kappa shape index (κ2) is 7.93. The third kappa shape index (κ3) is 4.45. The molecule has 1 fully saturated rings. The third-order valence-corrected chi connectivity index (χ3v) is 7.57. The summed E-state index contributed by atoms with van der Waals surface area (Å²) in [5.74, 6) is 0. The van der Waals surface area contributed by atoms with Crippen molar-refractivity contribution in [2.45, 2.75) is 51.5 Å². The molecule has 1 saturated heterocycles. The van der Waals surface area contributed by atoms with Crippen molar-refractivity contribution in [2.75, 3.05) is 32.7 Å². The Kier molecular flexibility index (Phi) is 5.93. The molecule has 0 N–H and O–H groups in total. The van der Waals surface area contributed by atoms with Crippen molar-refractivity contribution in [2.24, 2.45) is 0 Å². The number of hydrogen-bond acceptors (Lipinski definition) is 5. The number of sulfonamides is 1. The number of nitrogens with zero attached hydrogens (tertiary/aromatic N) is 5. The largest absolute Gasteiger partial charge is 0.299 e. The number of aromatic nitrogens is 3. The van der Waals surface area contributed by atoms with Crippen LogP contribution in [0.4, 0.5) is 0 Å². The molecule has 1 aliphatic heterocycles. The van der Waals surface area contributed by atoms with E-state index in [9.17, 15) is 8.42 Å². The minimum absolute atomic E-state index is 0.0945. The van der Waals surface area contributed by atoms with Gasteiger partial charge in [0.25, 0.3) is 0 Å². The van der Waals surface area contributed by atoms with Crippen LogP contribution in [0.25, 0.3) is 0 Å². The summed E-state index contributed by atoms with van der Waals surface area (Å²) in [7, 11) is -3.50. The Morgan fingerprint density at radius 1 is 1.04 bits per heavy atom. The fraction of sp³-hybridized carbons (Fsp3) is 0.600. The van der Waals surface area contributed by atoms with E-state index in [2.05, 4.69) is 41.8 Å². The molecule has 2 aromatic rings. The number of hydrogen-bond donors (Lipinski definition) is 0. The Hall–Kier alpha value is -1.77. The highest BCUT2D eigenvalue weighted by molar-refractivity contribution is 7.89. The molecule has 28 heavy (non-hydrogen) atoms. The van der Waals surface area contributed by atoms with Crippen LogP contribution < -0.4 is 0 Å². The molecular formula is C20H31N5O2S. The van der Waals surface area contributed by atoms with Crippen molar-refractivity contribution in [1.29, 1.82) is 0 Å². The van der Waals surface area contributed by atoms with E-state index >= 15 is 0 Å². The van der Waals surface area contributed by atoms with Crippen molar-refractivity contribution in [3.05, 3.63) is 41.5 Å². The van der Waals surface area contributed by atoms with Crippen LogP contribution >= 0.6 is 0 Å². The maximum absolute atomic E-state index is 13.4. The van der Waals surface area contributed by atoms with Gasteiger partial charge in [-0.25, -0.2) is 13.4 Å². The summed E-state index contributed by atoms with van der Waals surface area (Å²) in [6.45, 7) is 14.3. The normalized spacial score (nSPS) is 17.2. The smallest absolute Gasteiger partial charge is 0.243 e. The van der Waals surface area contributed by atoms with Gasteiger partial charge in [-0.1, -0.05) is 26.8 Å². The highest BCUT2D eigenvalue weighted by Gasteiger charge is 2.31. The maximum Gasteiger partial charge on any atom is 0.243 e. The summed E-state index contributed by atoms with van der Waals surface area (Å²) in [5.41, 5.74) is 2.84. The quantitative estimate of drug-likeness (QED) is 0.763. The molecule has 2 heterocycles. The second-order valence-corrected chi connectivity index (χ2v) is 10.5. The van der Waals surface area contributed by atoms with E-state index in [1.807, 2.05) is 19.9 Å². The lowest BCUT2D eigenvalue weighted by atomic mass is 9.85. The molecule has 3 rings (SSSR count). The van der Waals surface area contributed by atoms with Crippen LogP contribution in [0.1, 0.15) is 37.5 Å². The SMILES string of the molecule is Cc1cc(C(C)(C)C)cc(S(=O)(=O)N2CCN(CCn3cncn3)CC2)c1C. The second-order valence-electron chi connectivity index (χ2n) is 8.57. The van der Waals surface area contributed by atoms with E-state index in [0.29, 0.717) is 18.0 Å². The molecule has 0 radical (unpaired) electrons. The van der Waals surface area contributed by atoms with Gasteiger partial charge in [0.15, 0.2) is 0 Å². The van der Waals surface area contributed by atoms with Gasteiger partial charge >= 0.3 is 0 Å². The number of piperazine rings is 1. The molecule has 0 saturated carbocycles. The van der Waals surface area contributed by atoms with Crippen LogP contribution in [0.3, 0.4) is 0 Å². The lowest BCUT2D eigenvalue weighted by Gasteiger charge is -2.34. The molecule has 1 aromatic carbocycles. The predicted octanol–water partition coefficient (Wildman–Crippen LogP) is 2.20. The van der Waals surface area contributed by atoms with Crippen LogP contribution in [-0.2, 0) is 22.0 Å². The number of aryl methyl sites for hydroxylation is 1. The van der Waals surface area contributed by atoms with E-state index in [-0.39, 0.29) is 5.41 Å². The zero-order valence-corrected chi connectivity index (χ0v) is 18.3. The Bertz CT molecular complexity index is 909. The lowest BCUT2D eigenvalue weighted by molar-refractivity contribution is 0.181. The van der Waals surface area contributed by atoms with Crippen LogP contribution in [-0.4, -0.2) is 65.1 Å². The summed E-state index contributed by atoms with van der Waals surface area (Å²) in [5, 5.41) is 4.11. The molecule has 0 bridgehead atoms. The third-order valence-electron chi connectivity index (χ3n) is 5.55. The van der Waals surface area contributed by atoms with Gasteiger partial charge in [-0.3, -0.25) is 9.58 Å². The number of rotatable bonds is 5. The first-order valence-electron chi connectivity index (χ1n) is 9.75. The molecule has 0 spiro atoms. The number of benzene rings is 1. The maximum atomic E-state index is 13.4. The summed E-state index contributed by atoms with van der Waals surface area (Å²) >= 11 is 0. The fourth-order valence-electron chi connectivity index (χ4n) is 3.45. The van der Waals surface area contributed by atoms with Crippen molar-refractivity contribution in [3.8, 4) is 0 Å². The highest BCUT2D eigenvalue weighted by Crippen LogP contribution is 2.30. The van der Waals surface area contributed by atoms with Crippen molar-refractivity contribution in [3.63, 3.8) is 0 Å². The minimum atomic E-state index is -3.50. The first-order valence-corrected chi connectivity index (χ1v) is 11.2. The van der Waals surface area contributed by atoms with Gasteiger partial charge in [-0.2, -0.15) is 9.40 Å². The zero-order chi connectivity index (χ0) is 20.5. The van der Waals surface area contributed by atoms with Gasteiger partial charge in [0.2, 0.25) is 10.0 Å². The Morgan fingerprint density at radius 2 is 1.71 bits per heavy atom. The lowest BCUT2D eigenvalue weighted by Crippen LogP contribution is -2.49. The van der Waals surface area contributed by atoms with Gasteiger partial charge in [0.05, 0.1) is 11.4 Å². The van der Waals surface area contributed by atoms with Gasteiger partial charge in [0.1, 0.15) is 12.7 Å². The van der Waals surface area contributed by atoms with E-state index < -0.39 is 10.0 Å². The fourth-order valence-corrected chi connectivity index (χ4v) is 5.20. The predicted molar refractivity (Wildman–Crippen MR) is 110 cm³/mol. The van der Waals surface area contributed by atoms with Crippen molar-refractivity contribution in [1.82, 2.24) is 24.0 Å². The molecule has 8 heteroatoms.